The summed E-state index contributed by atoms with van der Waals surface area (Å²) in [6, 6.07) is 0.318. The molecule has 0 spiro atoms. The normalized spacial score (nSPS) is 16.8. The summed E-state index contributed by atoms with van der Waals surface area (Å²) in [6.07, 6.45) is 4.63. The molecular weight excluding hydrogens is 258 g/mol. The van der Waals surface area contributed by atoms with Crippen LogP contribution in [0.2, 0.25) is 0 Å². The molecule has 1 aromatic rings. The summed E-state index contributed by atoms with van der Waals surface area (Å²) in [4.78, 5) is 15.6. The molecule has 7 heteroatoms. The van der Waals surface area contributed by atoms with Crippen molar-refractivity contribution in [2.75, 3.05) is 12.9 Å². The molecule has 1 heterocycles. The number of nitrogens with one attached hydrogen (secondary N) is 1. The third kappa shape index (κ3) is 4.25. The van der Waals surface area contributed by atoms with Crippen molar-refractivity contribution in [1.82, 2.24) is 14.7 Å². The summed E-state index contributed by atoms with van der Waals surface area (Å²) in [5.41, 5.74) is 0. The maximum absolute atomic E-state index is 11.5. The lowest BCUT2D eigenvalue weighted by atomic mass is 10.2. The zero-order chi connectivity index (χ0) is 12.1. The summed E-state index contributed by atoms with van der Waals surface area (Å²) in [5.74, 6) is 0.670. The highest BCUT2D eigenvalue weighted by Crippen LogP contribution is 2.23. The van der Waals surface area contributed by atoms with Crippen LogP contribution in [0.3, 0.4) is 0 Å². The smallest absolute Gasteiger partial charge is 0.322 e. The van der Waals surface area contributed by atoms with Crippen molar-refractivity contribution in [3.63, 3.8) is 0 Å². The molecular formula is C10H15N3O2S2. The van der Waals surface area contributed by atoms with Crippen molar-refractivity contribution in [3.8, 4) is 0 Å². The van der Waals surface area contributed by atoms with Gasteiger partial charge in [-0.05, 0) is 30.8 Å². The molecule has 0 radical (unpaired) electrons. The number of aromatic nitrogens is 2. The van der Waals surface area contributed by atoms with Crippen molar-refractivity contribution in [2.24, 2.45) is 0 Å². The number of ether oxygens (including phenoxy) is 1. The van der Waals surface area contributed by atoms with Crippen LogP contribution < -0.4 is 5.32 Å². The van der Waals surface area contributed by atoms with Gasteiger partial charge in [0.25, 0.3) is 0 Å². The molecule has 1 N–H and O–H groups in total. The zero-order valence-electron chi connectivity index (χ0n) is 9.59. The lowest BCUT2D eigenvalue weighted by Crippen LogP contribution is -2.39. The van der Waals surface area contributed by atoms with Crippen LogP contribution in [0.4, 0.5) is 0 Å². The van der Waals surface area contributed by atoms with E-state index in [4.69, 9.17) is 4.74 Å². The molecule has 0 amide bonds. The van der Waals surface area contributed by atoms with Gasteiger partial charge in [0.05, 0.1) is 7.11 Å². The number of esters is 1. The molecule has 94 valence electrons. The summed E-state index contributed by atoms with van der Waals surface area (Å²) in [7, 11) is 1.43. The van der Waals surface area contributed by atoms with Crippen LogP contribution in [0.1, 0.15) is 19.3 Å². The molecule has 0 bridgehead atoms. The number of methoxy groups -OCH3 is 1. The van der Waals surface area contributed by atoms with Gasteiger partial charge in [-0.2, -0.15) is 4.37 Å². The molecule has 1 aliphatic carbocycles. The van der Waals surface area contributed by atoms with E-state index in [1.54, 1.807) is 18.1 Å². The first-order valence-electron chi connectivity index (χ1n) is 5.53. The Hall–Kier alpha value is -0.660. The number of hydrogen-bond donors (Lipinski definition) is 1. The number of carbonyl (C=O) groups excluding carboxylic acids is 1. The Labute approximate surface area is 109 Å². The van der Waals surface area contributed by atoms with Gasteiger partial charge in [-0.25, -0.2) is 4.98 Å². The Kier molecular flexibility index (Phi) is 4.75. The Bertz CT molecular complexity index is 354. The highest BCUT2D eigenvalue weighted by atomic mass is 32.2. The molecule has 1 unspecified atom stereocenters. The third-order valence-corrected chi connectivity index (χ3v) is 4.30. The second-order valence-corrected chi connectivity index (χ2v) is 5.98. The first-order chi connectivity index (χ1) is 8.29. The second kappa shape index (κ2) is 6.32. The van der Waals surface area contributed by atoms with E-state index >= 15 is 0 Å². The number of hydrogen-bond acceptors (Lipinski definition) is 7. The summed E-state index contributed by atoms with van der Waals surface area (Å²) < 4.78 is 9.67. The lowest BCUT2D eigenvalue weighted by Gasteiger charge is -2.15. The quantitative estimate of drug-likeness (QED) is 0.597. The van der Waals surface area contributed by atoms with Crippen molar-refractivity contribution >= 4 is 29.3 Å². The molecule has 5 nitrogen and oxygen atoms in total. The Balaban J connectivity index is 1.74. The van der Waals surface area contributed by atoms with Gasteiger partial charge in [0.1, 0.15) is 12.4 Å². The average Bonchev–Trinajstić information content (AvgIpc) is 3.01. The zero-order valence-corrected chi connectivity index (χ0v) is 11.2. The molecule has 1 saturated carbocycles. The van der Waals surface area contributed by atoms with E-state index in [1.807, 2.05) is 0 Å². The largest absolute Gasteiger partial charge is 0.468 e. The summed E-state index contributed by atoms with van der Waals surface area (Å²) in [6.45, 7) is 0. The number of thioether (sulfide) groups is 1. The van der Waals surface area contributed by atoms with Crippen molar-refractivity contribution in [1.29, 1.82) is 0 Å². The number of rotatable bonds is 7. The first kappa shape index (κ1) is 12.8. The average molecular weight is 273 g/mol. The van der Waals surface area contributed by atoms with Crippen LogP contribution in [0.25, 0.3) is 0 Å². The van der Waals surface area contributed by atoms with Crippen LogP contribution in [0.5, 0.6) is 0 Å². The topological polar surface area (TPSA) is 64.1 Å². The third-order valence-electron chi connectivity index (χ3n) is 2.47. The minimum Gasteiger partial charge on any atom is -0.468 e. The summed E-state index contributed by atoms with van der Waals surface area (Å²) >= 11 is 3.01. The highest BCUT2D eigenvalue weighted by molar-refractivity contribution is 8.00. The van der Waals surface area contributed by atoms with Crippen LogP contribution in [-0.2, 0) is 9.53 Å². The van der Waals surface area contributed by atoms with Gasteiger partial charge in [-0.15, -0.1) is 0 Å². The fourth-order valence-corrected chi connectivity index (χ4v) is 2.96. The standard InChI is InChI=1S/C10H15N3O2S2/c1-15-9(14)8(13-7-2-3-7)4-5-16-10-11-6-12-17-10/h6-8,13H,2-5H2,1H3. The van der Waals surface area contributed by atoms with E-state index in [1.165, 1.54) is 18.6 Å². The number of nitrogens with zero attached hydrogens (tertiary/aromatic N) is 2. The summed E-state index contributed by atoms with van der Waals surface area (Å²) in [5, 5.41) is 3.30. The van der Waals surface area contributed by atoms with Crippen LogP contribution >= 0.6 is 23.3 Å². The maximum Gasteiger partial charge on any atom is 0.322 e. The lowest BCUT2D eigenvalue weighted by molar-refractivity contribution is -0.143. The molecule has 2 rings (SSSR count). The van der Waals surface area contributed by atoms with Gasteiger partial charge < -0.3 is 10.1 Å². The van der Waals surface area contributed by atoms with E-state index in [0.717, 1.165) is 29.4 Å². The van der Waals surface area contributed by atoms with E-state index in [9.17, 15) is 4.79 Å². The van der Waals surface area contributed by atoms with Crippen molar-refractivity contribution in [3.05, 3.63) is 6.33 Å². The SMILES string of the molecule is COC(=O)C(CCSc1ncns1)NC1CC1. The Morgan fingerprint density at radius 2 is 2.59 bits per heavy atom. The van der Waals surface area contributed by atoms with Gasteiger partial charge in [0.2, 0.25) is 0 Å². The molecule has 1 aromatic heterocycles. The van der Waals surface area contributed by atoms with Crippen molar-refractivity contribution < 1.29 is 9.53 Å². The van der Waals surface area contributed by atoms with E-state index in [2.05, 4.69) is 14.7 Å². The first-order valence-corrected chi connectivity index (χ1v) is 7.29. The molecule has 1 atom stereocenters. The molecule has 0 aliphatic heterocycles. The monoisotopic (exact) mass is 273 g/mol. The fourth-order valence-electron chi connectivity index (χ4n) is 1.44. The molecule has 1 aliphatic rings. The minimum atomic E-state index is -0.187. The predicted octanol–water partition coefficient (Wildman–Crippen LogP) is 1.31. The van der Waals surface area contributed by atoms with E-state index in [0.29, 0.717) is 6.04 Å². The Morgan fingerprint density at radius 3 is 3.18 bits per heavy atom. The second-order valence-electron chi connectivity index (χ2n) is 3.86. The number of carbonyl (C=O) groups is 1. The molecule has 1 fully saturated rings. The van der Waals surface area contributed by atoms with Crippen molar-refractivity contribution in [2.45, 2.75) is 35.7 Å². The van der Waals surface area contributed by atoms with E-state index < -0.39 is 0 Å². The minimum absolute atomic E-state index is 0.172. The van der Waals surface area contributed by atoms with Crippen LogP contribution in [0, 0.1) is 0 Å². The maximum atomic E-state index is 11.5. The molecule has 17 heavy (non-hydrogen) atoms. The predicted molar refractivity (Wildman–Crippen MR) is 67.2 cm³/mol. The molecule has 0 aromatic carbocycles. The molecule has 0 saturated heterocycles. The van der Waals surface area contributed by atoms with Gasteiger partial charge in [0.15, 0.2) is 4.34 Å². The van der Waals surface area contributed by atoms with Gasteiger partial charge >= 0.3 is 5.97 Å². The van der Waals surface area contributed by atoms with Crippen LogP contribution in [0.15, 0.2) is 10.7 Å². The van der Waals surface area contributed by atoms with Gasteiger partial charge in [-0.1, -0.05) is 11.8 Å². The fraction of sp³-hybridized carbons (Fsp3) is 0.700. The Morgan fingerprint density at radius 1 is 1.76 bits per heavy atom. The van der Waals surface area contributed by atoms with Crippen LogP contribution in [-0.4, -0.2) is 40.3 Å². The van der Waals surface area contributed by atoms with E-state index in [-0.39, 0.29) is 12.0 Å². The highest BCUT2D eigenvalue weighted by Gasteiger charge is 2.28. The van der Waals surface area contributed by atoms with Gasteiger partial charge in [-0.3, -0.25) is 4.79 Å². The van der Waals surface area contributed by atoms with Gasteiger partial charge in [0, 0.05) is 11.8 Å².